The number of aliphatic hydroxyl groups excluding tert-OH is 2. The predicted molar refractivity (Wildman–Crippen MR) is 233 cm³/mol. The third-order valence-corrected chi connectivity index (χ3v) is 17.5. The summed E-state index contributed by atoms with van der Waals surface area (Å²) >= 11 is 0. The van der Waals surface area contributed by atoms with Gasteiger partial charge in [-0.05, 0) is 93.5 Å². The fourth-order valence-corrected chi connectivity index (χ4v) is 13.8. The lowest BCUT2D eigenvalue weighted by Gasteiger charge is -2.29. The maximum absolute atomic E-state index is 12.0. The molecule has 0 amide bonds. The van der Waals surface area contributed by atoms with Crippen molar-refractivity contribution in [2.45, 2.75) is 118 Å². The van der Waals surface area contributed by atoms with Crippen molar-refractivity contribution in [1.82, 2.24) is 0 Å². The van der Waals surface area contributed by atoms with Gasteiger partial charge in [0.1, 0.15) is 13.2 Å². The molecule has 0 radical (unpaired) electrons. The molecule has 0 aliphatic heterocycles. The number of aliphatic imine (C=N–C) groups is 1. The topological polar surface area (TPSA) is 198 Å². The molecule has 0 fully saturated rings. The summed E-state index contributed by atoms with van der Waals surface area (Å²) in [6.45, 7) is 25.8. The molecule has 0 spiro atoms. The molecular weight excluding hydrogens is 823 g/mol. The zero-order valence-corrected chi connectivity index (χ0v) is 41.1. The number of aliphatic hydroxyl groups is 2. The molecular formula is C39H83NO16Si3. The summed E-state index contributed by atoms with van der Waals surface area (Å²) in [6, 6.07) is 2.27. The number of allylic oxidation sites excluding steroid dienone is 1. The van der Waals surface area contributed by atoms with Crippen LogP contribution in [0.3, 0.4) is 0 Å². The SMILES string of the molecule is C=C(CCCC[Si](OCC)(OCC)OCC)OCCOCCOC(=O)CCCC[Si](OCC)(OCC)OCC.CCO[Si](CCCN=C=O)(COC)OCC.OCCO. The van der Waals surface area contributed by atoms with Crippen LogP contribution in [0.15, 0.2) is 17.3 Å². The van der Waals surface area contributed by atoms with Gasteiger partial charge in [0.05, 0.1) is 45.0 Å². The van der Waals surface area contributed by atoms with Crippen molar-refractivity contribution in [2.75, 3.05) is 112 Å². The highest BCUT2D eigenvalue weighted by atomic mass is 28.4. The Morgan fingerprint density at radius 1 is 0.576 bits per heavy atom. The zero-order chi connectivity index (χ0) is 44.9. The molecule has 0 unspecified atom stereocenters. The van der Waals surface area contributed by atoms with Crippen molar-refractivity contribution in [3.05, 3.63) is 12.3 Å². The van der Waals surface area contributed by atoms with Crippen LogP contribution in [0.5, 0.6) is 0 Å². The highest BCUT2D eigenvalue weighted by Crippen LogP contribution is 2.22. The number of nitrogens with zero attached hydrogens (tertiary/aromatic N) is 1. The first-order valence-corrected chi connectivity index (χ1v) is 27.5. The van der Waals surface area contributed by atoms with E-state index >= 15 is 0 Å². The summed E-state index contributed by atoms with van der Waals surface area (Å²) in [5.74, 6) is 0.497. The van der Waals surface area contributed by atoms with Gasteiger partial charge in [-0.15, -0.1) is 0 Å². The minimum absolute atomic E-state index is 0.125. The molecule has 0 saturated heterocycles. The fraction of sp³-hybridized carbons (Fsp3) is 0.897. The Labute approximate surface area is 359 Å². The van der Waals surface area contributed by atoms with Crippen LogP contribution < -0.4 is 0 Å². The summed E-state index contributed by atoms with van der Waals surface area (Å²) < 4.78 is 68.2. The average Bonchev–Trinajstić information content (AvgIpc) is 3.21. The number of carbonyl (C=O) groups is 1. The molecule has 0 aromatic heterocycles. The second kappa shape index (κ2) is 44.6. The van der Waals surface area contributed by atoms with E-state index in [-0.39, 0.29) is 25.8 Å². The summed E-state index contributed by atoms with van der Waals surface area (Å²) in [7, 11) is -5.85. The third kappa shape index (κ3) is 35.8. The van der Waals surface area contributed by atoms with Gasteiger partial charge < -0.3 is 64.6 Å². The van der Waals surface area contributed by atoms with Crippen LogP contribution in [0, 0.1) is 0 Å². The van der Waals surface area contributed by atoms with Crippen LogP contribution >= 0.6 is 0 Å². The predicted octanol–water partition coefficient (Wildman–Crippen LogP) is 5.90. The lowest BCUT2D eigenvalue weighted by Crippen LogP contribution is -2.47. The van der Waals surface area contributed by atoms with Crippen LogP contribution in [0.1, 0.15) is 100 Å². The zero-order valence-electron chi connectivity index (χ0n) is 38.1. The molecule has 0 bridgehead atoms. The Morgan fingerprint density at radius 3 is 1.39 bits per heavy atom. The summed E-state index contributed by atoms with van der Waals surface area (Å²) in [6.07, 6.45) is 7.24. The van der Waals surface area contributed by atoms with Gasteiger partial charge in [0.25, 0.3) is 0 Å². The molecule has 20 heteroatoms. The van der Waals surface area contributed by atoms with Gasteiger partial charge in [-0.2, -0.15) is 0 Å². The van der Waals surface area contributed by atoms with E-state index < -0.39 is 26.2 Å². The van der Waals surface area contributed by atoms with Crippen LogP contribution in [0.25, 0.3) is 0 Å². The standard InChI is InChI=1S/C27H56O10Si2.C10H21NO4Si.C2H6O2/c1-8-32-38(33-9-2,34-10-3)24-16-14-18-26(7)30-22-20-29-21-23-31-27(28)19-15-17-25-39(35-11-4,36-12-5)37-13-6;1-4-14-16(10-13-3,15-5-2)8-6-7-11-9-12;3-1-2-4/h7-25H2,1-6H3;4-8,10H2,1-3H3;3-4H,1-2H2. The van der Waals surface area contributed by atoms with Crippen molar-refractivity contribution in [1.29, 1.82) is 0 Å². The van der Waals surface area contributed by atoms with Gasteiger partial charge in [0.2, 0.25) is 6.08 Å². The Morgan fingerprint density at radius 2 is 1.00 bits per heavy atom. The van der Waals surface area contributed by atoms with Crippen molar-refractivity contribution in [2.24, 2.45) is 4.99 Å². The van der Waals surface area contributed by atoms with E-state index in [4.69, 9.17) is 64.6 Å². The van der Waals surface area contributed by atoms with E-state index in [9.17, 15) is 9.59 Å². The van der Waals surface area contributed by atoms with Crippen molar-refractivity contribution < 1.29 is 74.2 Å². The molecule has 0 aromatic carbocycles. The quantitative estimate of drug-likeness (QED) is 0.0184. The molecule has 59 heavy (non-hydrogen) atoms. The second-order valence-electron chi connectivity index (χ2n) is 12.3. The Kier molecular flexibility index (Phi) is 46.8. The number of isocyanates is 1. The van der Waals surface area contributed by atoms with Gasteiger partial charge in [-0.1, -0.05) is 6.58 Å². The summed E-state index contributed by atoms with van der Waals surface area (Å²) in [4.78, 5) is 25.5. The van der Waals surface area contributed by atoms with Crippen molar-refractivity contribution in [3.63, 3.8) is 0 Å². The van der Waals surface area contributed by atoms with Gasteiger partial charge >= 0.3 is 32.1 Å². The van der Waals surface area contributed by atoms with Crippen LogP contribution in [-0.2, 0) is 63.9 Å². The maximum atomic E-state index is 12.0. The molecule has 17 nitrogen and oxygen atoms in total. The highest BCUT2D eigenvalue weighted by molar-refractivity contribution is 6.67. The molecule has 0 aliphatic carbocycles. The van der Waals surface area contributed by atoms with Crippen LogP contribution in [-0.4, -0.2) is 161 Å². The van der Waals surface area contributed by atoms with Crippen molar-refractivity contribution in [3.8, 4) is 0 Å². The number of hydrogen-bond donors (Lipinski definition) is 2. The molecule has 0 aliphatic rings. The monoisotopic (exact) mass is 906 g/mol. The molecule has 2 N–H and O–H groups in total. The number of methoxy groups -OCH3 is 1. The first-order valence-electron chi connectivity index (χ1n) is 21.4. The van der Waals surface area contributed by atoms with E-state index in [0.717, 1.165) is 50.0 Å². The molecule has 0 saturated carbocycles. The summed E-state index contributed by atoms with van der Waals surface area (Å²) in [5.41, 5.74) is 0. The number of unbranched alkanes of at least 4 members (excludes halogenated alkanes) is 2. The van der Waals surface area contributed by atoms with Gasteiger partial charge in [0.15, 0.2) is 0 Å². The summed E-state index contributed by atoms with van der Waals surface area (Å²) in [5, 5.41) is 15.2. The first-order chi connectivity index (χ1) is 28.5. The Bertz CT molecular complexity index is 895. The second-order valence-corrected chi connectivity index (χ2v) is 21.0. The smallest absolute Gasteiger partial charge is 0.496 e. The van der Waals surface area contributed by atoms with E-state index in [1.165, 1.54) is 6.08 Å². The molecule has 0 aromatic rings. The van der Waals surface area contributed by atoms with Crippen molar-refractivity contribution >= 4 is 38.2 Å². The van der Waals surface area contributed by atoms with E-state index in [2.05, 4.69) is 11.6 Å². The van der Waals surface area contributed by atoms with Gasteiger partial charge in [0, 0.05) is 84.9 Å². The molecule has 352 valence electrons. The minimum Gasteiger partial charge on any atom is -0.496 e. The lowest BCUT2D eigenvalue weighted by atomic mass is 10.2. The first kappa shape index (κ1) is 61.9. The Hall–Kier alpha value is -1.44. The number of rotatable bonds is 40. The van der Waals surface area contributed by atoms with E-state index in [1.54, 1.807) is 7.11 Å². The lowest BCUT2D eigenvalue weighted by molar-refractivity contribution is -0.145. The van der Waals surface area contributed by atoms with Gasteiger partial charge in [-0.3, -0.25) is 4.79 Å². The number of esters is 1. The van der Waals surface area contributed by atoms with Gasteiger partial charge in [-0.25, -0.2) is 9.79 Å². The van der Waals surface area contributed by atoms with Crippen LogP contribution in [0.2, 0.25) is 18.1 Å². The molecule has 0 heterocycles. The Balaban J connectivity index is -0.00000129. The number of hydrogen-bond acceptors (Lipinski definition) is 17. The average molecular weight is 906 g/mol. The number of carbonyl (C=O) groups excluding carboxylic acids is 2. The molecule has 0 atom stereocenters. The van der Waals surface area contributed by atoms with Crippen LogP contribution in [0.4, 0.5) is 0 Å². The minimum atomic E-state index is -2.65. The fourth-order valence-electron chi connectivity index (χ4n) is 5.54. The number of ether oxygens (including phenoxy) is 4. The highest BCUT2D eigenvalue weighted by Gasteiger charge is 2.40. The van der Waals surface area contributed by atoms with E-state index in [0.29, 0.717) is 104 Å². The van der Waals surface area contributed by atoms with E-state index in [1.807, 2.05) is 55.4 Å². The largest absolute Gasteiger partial charge is 0.500 e. The molecule has 0 rings (SSSR count). The normalized spacial score (nSPS) is 11.5. The maximum Gasteiger partial charge on any atom is 0.500 e. The third-order valence-electron chi connectivity index (χ3n) is 7.68.